The van der Waals surface area contributed by atoms with Crippen molar-refractivity contribution in [2.24, 2.45) is 5.41 Å². The summed E-state index contributed by atoms with van der Waals surface area (Å²) >= 11 is 0. The molecule has 0 aromatic carbocycles. The molecule has 1 N–H and O–H groups in total. The van der Waals surface area contributed by atoms with Crippen molar-refractivity contribution in [2.45, 2.75) is 52.7 Å². The Morgan fingerprint density at radius 3 is 2.70 bits per heavy atom. The highest BCUT2D eigenvalue weighted by molar-refractivity contribution is 5.11. The molecule has 20 heavy (non-hydrogen) atoms. The highest BCUT2D eigenvalue weighted by Crippen LogP contribution is 2.29. The van der Waals surface area contributed by atoms with Crippen LogP contribution in [-0.4, -0.2) is 34.6 Å². The van der Waals surface area contributed by atoms with Crippen LogP contribution >= 0.6 is 0 Å². The van der Waals surface area contributed by atoms with Crippen LogP contribution in [0.2, 0.25) is 0 Å². The topological polar surface area (TPSA) is 28.2 Å². The molecule has 2 rings (SSSR count). The van der Waals surface area contributed by atoms with Gasteiger partial charge in [0, 0.05) is 37.4 Å². The molecule has 2 heterocycles. The van der Waals surface area contributed by atoms with E-state index < -0.39 is 0 Å². The zero-order valence-corrected chi connectivity index (χ0v) is 13.2. The number of rotatable bonds is 2. The standard InChI is InChI=1S/C16H26FN3/c1-15(2,3)14-9-19-16(4,5)11-20(14)10-12-6-13(17)8-18-7-12/h6-8,14,19H,9-11H2,1-5H3. The van der Waals surface area contributed by atoms with Crippen LogP contribution in [0.5, 0.6) is 0 Å². The summed E-state index contributed by atoms with van der Waals surface area (Å²) in [6, 6.07) is 2.01. The fraction of sp³-hybridized carbons (Fsp3) is 0.688. The summed E-state index contributed by atoms with van der Waals surface area (Å²) in [7, 11) is 0. The third-order valence-electron chi connectivity index (χ3n) is 3.96. The van der Waals surface area contributed by atoms with Gasteiger partial charge in [0.1, 0.15) is 5.82 Å². The lowest BCUT2D eigenvalue weighted by molar-refractivity contribution is 0.0271. The van der Waals surface area contributed by atoms with E-state index in [0.717, 1.165) is 25.2 Å². The average molecular weight is 279 g/mol. The van der Waals surface area contributed by atoms with Gasteiger partial charge in [-0.1, -0.05) is 20.8 Å². The van der Waals surface area contributed by atoms with Gasteiger partial charge in [-0.3, -0.25) is 9.88 Å². The molecule has 4 heteroatoms. The van der Waals surface area contributed by atoms with Crippen molar-refractivity contribution in [1.82, 2.24) is 15.2 Å². The summed E-state index contributed by atoms with van der Waals surface area (Å²) in [4.78, 5) is 6.41. The molecule has 0 radical (unpaired) electrons. The van der Waals surface area contributed by atoms with Gasteiger partial charge >= 0.3 is 0 Å². The molecule has 0 aliphatic carbocycles. The zero-order chi connectivity index (χ0) is 15.0. The third-order valence-corrected chi connectivity index (χ3v) is 3.96. The molecule has 1 aromatic rings. The van der Waals surface area contributed by atoms with Gasteiger partial charge in [0.15, 0.2) is 0 Å². The first-order valence-electron chi connectivity index (χ1n) is 7.26. The quantitative estimate of drug-likeness (QED) is 0.902. The van der Waals surface area contributed by atoms with Crippen LogP contribution in [0.15, 0.2) is 18.5 Å². The molecule has 0 amide bonds. The SMILES string of the molecule is CC1(C)CN(Cc2cncc(F)c2)C(C(C)(C)C)CN1. The number of hydrogen-bond donors (Lipinski definition) is 1. The maximum absolute atomic E-state index is 13.3. The van der Waals surface area contributed by atoms with Crippen molar-refractivity contribution in [3.05, 3.63) is 29.8 Å². The average Bonchev–Trinajstić information content (AvgIpc) is 2.25. The number of aromatic nitrogens is 1. The Morgan fingerprint density at radius 1 is 1.40 bits per heavy atom. The number of pyridine rings is 1. The zero-order valence-electron chi connectivity index (χ0n) is 13.2. The van der Waals surface area contributed by atoms with E-state index in [1.165, 1.54) is 6.20 Å². The molecule has 1 aliphatic rings. The van der Waals surface area contributed by atoms with Gasteiger partial charge in [-0.2, -0.15) is 0 Å². The monoisotopic (exact) mass is 279 g/mol. The Morgan fingerprint density at radius 2 is 2.10 bits per heavy atom. The molecule has 1 fully saturated rings. The normalized spacial score (nSPS) is 23.8. The number of nitrogens with one attached hydrogen (secondary N) is 1. The Bertz CT molecular complexity index is 465. The largest absolute Gasteiger partial charge is 0.309 e. The minimum Gasteiger partial charge on any atom is -0.309 e. The molecule has 1 aromatic heterocycles. The molecule has 0 bridgehead atoms. The molecule has 3 nitrogen and oxygen atoms in total. The lowest BCUT2D eigenvalue weighted by Crippen LogP contribution is -2.64. The molecule has 0 saturated carbocycles. The second-order valence-corrected chi connectivity index (χ2v) is 7.56. The second kappa shape index (κ2) is 5.41. The van der Waals surface area contributed by atoms with E-state index in [9.17, 15) is 4.39 Å². The smallest absolute Gasteiger partial charge is 0.141 e. The predicted octanol–water partition coefficient (Wildman–Crippen LogP) is 2.82. The van der Waals surface area contributed by atoms with Crippen LogP contribution in [0, 0.1) is 11.2 Å². The molecule has 112 valence electrons. The van der Waals surface area contributed by atoms with E-state index in [-0.39, 0.29) is 16.8 Å². The lowest BCUT2D eigenvalue weighted by Gasteiger charge is -2.49. The van der Waals surface area contributed by atoms with Crippen LogP contribution in [0.4, 0.5) is 4.39 Å². The lowest BCUT2D eigenvalue weighted by atomic mass is 9.82. The Balaban J connectivity index is 2.19. The first-order valence-corrected chi connectivity index (χ1v) is 7.26. The third kappa shape index (κ3) is 3.76. The fourth-order valence-electron chi connectivity index (χ4n) is 2.97. The van der Waals surface area contributed by atoms with Gasteiger partial charge in [-0.15, -0.1) is 0 Å². The summed E-state index contributed by atoms with van der Waals surface area (Å²) in [6.07, 6.45) is 3.02. The molecule has 1 saturated heterocycles. The highest BCUT2D eigenvalue weighted by Gasteiger charge is 2.38. The van der Waals surface area contributed by atoms with Crippen molar-refractivity contribution in [3.8, 4) is 0 Å². The Kier molecular flexibility index (Phi) is 4.17. The molecule has 1 atom stereocenters. The number of nitrogens with zero attached hydrogens (tertiary/aromatic N) is 2. The van der Waals surface area contributed by atoms with Crippen molar-refractivity contribution >= 4 is 0 Å². The maximum Gasteiger partial charge on any atom is 0.141 e. The van der Waals surface area contributed by atoms with Crippen molar-refractivity contribution in [3.63, 3.8) is 0 Å². The molecule has 0 spiro atoms. The summed E-state index contributed by atoms with van der Waals surface area (Å²) < 4.78 is 13.3. The van der Waals surface area contributed by atoms with E-state index >= 15 is 0 Å². The van der Waals surface area contributed by atoms with Crippen molar-refractivity contribution in [1.29, 1.82) is 0 Å². The van der Waals surface area contributed by atoms with E-state index in [4.69, 9.17) is 0 Å². The Labute approximate surface area is 121 Å². The van der Waals surface area contributed by atoms with Crippen molar-refractivity contribution in [2.75, 3.05) is 13.1 Å². The first-order chi connectivity index (χ1) is 9.17. The van der Waals surface area contributed by atoms with Gasteiger partial charge in [-0.05, 0) is 30.9 Å². The maximum atomic E-state index is 13.3. The fourth-order valence-corrected chi connectivity index (χ4v) is 2.97. The predicted molar refractivity (Wildman–Crippen MR) is 79.9 cm³/mol. The molecule has 1 aliphatic heterocycles. The van der Waals surface area contributed by atoms with Gasteiger partial charge < -0.3 is 5.32 Å². The van der Waals surface area contributed by atoms with E-state index in [0.29, 0.717) is 6.04 Å². The van der Waals surface area contributed by atoms with Crippen LogP contribution < -0.4 is 5.32 Å². The molecular weight excluding hydrogens is 253 g/mol. The number of piperazine rings is 1. The summed E-state index contributed by atoms with van der Waals surface area (Å²) in [5.41, 5.74) is 1.21. The van der Waals surface area contributed by atoms with Crippen LogP contribution in [0.25, 0.3) is 0 Å². The van der Waals surface area contributed by atoms with E-state index in [1.807, 2.05) is 0 Å². The number of halogens is 1. The van der Waals surface area contributed by atoms with Gasteiger partial charge in [-0.25, -0.2) is 4.39 Å². The molecule has 1 unspecified atom stereocenters. The van der Waals surface area contributed by atoms with E-state index in [1.54, 1.807) is 12.3 Å². The van der Waals surface area contributed by atoms with Crippen LogP contribution in [-0.2, 0) is 6.54 Å². The van der Waals surface area contributed by atoms with Gasteiger partial charge in [0.2, 0.25) is 0 Å². The highest BCUT2D eigenvalue weighted by atomic mass is 19.1. The molecular formula is C16H26FN3. The minimum atomic E-state index is -0.260. The minimum absolute atomic E-state index is 0.0858. The van der Waals surface area contributed by atoms with E-state index in [2.05, 4.69) is 49.8 Å². The second-order valence-electron chi connectivity index (χ2n) is 7.56. The van der Waals surface area contributed by atoms with Crippen molar-refractivity contribution < 1.29 is 4.39 Å². The Hall–Kier alpha value is -1.00. The first kappa shape index (κ1) is 15.4. The summed E-state index contributed by atoms with van der Waals surface area (Å²) in [6.45, 7) is 13.9. The summed E-state index contributed by atoms with van der Waals surface area (Å²) in [5.74, 6) is -0.260. The van der Waals surface area contributed by atoms with Gasteiger partial charge in [0.05, 0.1) is 6.20 Å². The van der Waals surface area contributed by atoms with Gasteiger partial charge in [0.25, 0.3) is 0 Å². The number of hydrogen-bond acceptors (Lipinski definition) is 3. The van der Waals surface area contributed by atoms with Crippen LogP contribution in [0.3, 0.4) is 0 Å². The summed E-state index contributed by atoms with van der Waals surface area (Å²) in [5, 5.41) is 3.61. The van der Waals surface area contributed by atoms with Crippen LogP contribution in [0.1, 0.15) is 40.2 Å².